The predicted molar refractivity (Wildman–Crippen MR) is 90.1 cm³/mol. The minimum Gasteiger partial charge on any atom is -0.380 e. The van der Waals surface area contributed by atoms with Gasteiger partial charge in [0.25, 0.3) is 0 Å². The van der Waals surface area contributed by atoms with Crippen LogP contribution in [0.3, 0.4) is 0 Å². The van der Waals surface area contributed by atoms with E-state index >= 15 is 0 Å². The molecule has 0 saturated heterocycles. The molecule has 2 N–H and O–H groups in total. The average molecular weight is 313 g/mol. The van der Waals surface area contributed by atoms with Crippen LogP contribution >= 0.6 is 11.3 Å². The lowest BCUT2D eigenvalue weighted by atomic mass is 10.1. The molecule has 2 aromatic heterocycles. The lowest BCUT2D eigenvalue weighted by molar-refractivity contribution is 0.206. The van der Waals surface area contributed by atoms with Crippen molar-refractivity contribution in [2.75, 3.05) is 5.32 Å². The van der Waals surface area contributed by atoms with Gasteiger partial charge >= 0.3 is 0 Å². The third-order valence-electron chi connectivity index (χ3n) is 3.59. The van der Waals surface area contributed by atoms with Crippen molar-refractivity contribution < 1.29 is 5.11 Å². The second kappa shape index (κ2) is 6.34. The summed E-state index contributed by atoms with van der Waals surface area (Å²) in [6, 6.07) is 12.1. The van der Waals surface area contributed by atoms with E-state index < -0.39 is 6.10 Å². The van der Waals surface area contributed by atoms with Crippen molar-refractivity contribution in [3.8, 4) is 0 Å². The molecule has 0 aliphatic carbocycles. The number of aryl methyl sites for hydroxylation is 2. The Kier molecular flexibility index (Phi) is 4.27. The number of aliphatic hydroxyl groups excluding tert-OH is 1. The minimum absolute atomic E-state index is 0.648. The molecule has 3 rings (SSSR count). The summed E-state index contributed by atoms with van der Waals surface area (Å²) in [6.45, 7) is 2.93. The standard InChI is InChI=1S/C17H19N3OS/c1-12-3-8-15(22-12)11-19-14-6-4-13(5-7-14)16(21)17-18-9-10-20(17)2/h3-10,16,19,21H,11H2,1-2H3. The maximum atomic E-state index is 10.4. The number of hydrogen-bond donors (Lipinski definition) is 2. The zero-order valence-electron chi connectivity index (χ0n) is 12.7. The first-order chi connectivity index (χ1) is 10.6. The molecule has 2 heterocycles. The minimum atomic E-state index is -0.700. The van der Waals surface area contributed by atoms with E-state index in [4.69, 9.17) is 0 Å². The lowest BCUT2D eigenvalue weighted by Gasteiger charge is -2.12. The maximum absolute atomic E-state index is 10.4. The van der Waals surface area contributed by atoms with Gasteiger partial charge in [0.1, 0.15) is 11.9 Å². The molecule has 5 heteroatoms. The van der Waals surface area contributed by atoms with Crippen molar-refractivity contribution in [2.45, 2.75) is 19.6 Å². The van der Waals surface area contributed by atoms with Gasteiger partial charge in [0.05, 0.1) is 0 Å². The highest BCUT2D eigenvalue weighted by molar-refractivity contribution is 7.11. The molecule has 0 amide bonds. The van der Waals surface area contributed by atoms with Crippen LogP contribution in [0.5, 0.6) is 0 Å². The van der Waals surface area contributed by atoms with Gasteiger partial charge in [-0.15, -0.1) is 11.3 Å². The van der Waals surface area contributed by atoms with E-state index in [0.717, 1.165) is 17.8 Å². The van der Waals surface area contributed by atoms with Crippen LogP contribution in [-0.2, 0) is 13.6 Å². The van der Waals surface area contributed by atoms with Crippen molar-refractivity contribution in [3.63, 3.8) is 0 Å². The fourth-order valence-corrected chi connectivity index (χ4v) is 3.17. The molecular formula is C17H19N3OS. The largest absolute Gasteiger partial charge is 0.380 e. The number of rotatable bonds is 5. The number of anilines is 1. The predicted octanol–water partition coefficient (Wildman–Crippen LogP) is 3.48. The zero-order chi connectivity index (χ0) is 15.5. The molecule has 0 radical (unpaired) electrons. The number of aromatic nitrogens is 2. The van der Waals surface area contributed by atoms with E-state index in [1.807, 2.05) is 42.1 Å². The first kappa shape index (κ1) is 14.8. The fraction of sp³-hybridized carbons (Fsp3) is 0.235. The van der Waals surface area contributed by atoms with E-state index in [-0.39, 0.29) is 0 Å². The van der Waals surface area contributed by atoms with Gasteiger partial charge in [0.2, 0.25) is 0 Å². The molecule has 1 unspecified atom stereocenters. The highest BCUT2D eigenvalue weighted by atomic mass is 32.1. The van der Waals surface area contributed by atoms with Crippen molar-refractivity contribution in [2.24, 2.45) is 7.05 Å². The van der Waals surface area contributed by atoms with Gasteiger partial charge < -0.3 is 15.0 Å². The highest BCUT2D eigenvalue weighted by Gasteiger charge is 2.14. The second-order valence-electron chi connectivity index (χ2n) is 5.29. The molecule has 22 heavy (non-hydrogen) atoms. The highest BCUT2D eigenvalue weighted by Crippen LogP contribution is 2.22. The molecule has 3 aromatic rings. The first-order valence-corrected chi connectivity index (χ1v) is 7.99. The summed E-state index contributed by atoms with van der Waals surface area (Å²) in [5, 5.41) is 13.8. The van der Waals surface area contributed by atoms with Crippen LogP contribution in [0.4, 0.5) is 5.69 Å². The summed E-state index contributed by atoms with van der Waals surface area (Å²) in [7, 11) is 1.88. The summed E-state index contributed by atoms with van der Waals surface area (Å²) in [5.41, 5.74) is 1.88. The van der Waals surface area contributed by atoms with Crippen LogP contribution in [0.25, 0.3) is 0 Å². The number of imidazole rings is 1. The van der Waals surface area contributed by atoms with E-state index in [2.05, 4.69) is 29.4 Å². The van der Waals surface area contributed by atoms with Gasteiger partial charge in [-0.1, -0.05) is 12.1 Å². The van der Waals surface area contributed by atoms with E-state index in [1.165, 1.54) is 9.75 Å². The number of hydrogen-bond acceptors (Lipinski definition) is 4. The van der Waals surface area contributed by atoms with E-state index in [1.54, 1.807) is 17.5 Å². The van der Waals surface area contributed by atoms with Crippen molar-refractivity contribution in [3.05, 3.63) is 69.9 Å². The zero-order valence-corrected chi connectivity index (χ0v) is 13.5. The molecule has 1 aromatic carbocycles. The third kappa shape index (κ3) is 3.21. The Balaban J connectivity index is 1.66. The Hall–Kier alpha value is -2.11. The van der Waals surface area contributed by atoms with Crippen LogP contribution < -0.4 is 5.32 Å². The summed E-state index contributed by atoms with van der Waals surface area (Å²) < 4.78 is 1.83. The van der Waals surface area contributed by atoms with Crippen LogP contribution in [0.15, 0.2) is 48.8 Å². The fourth-order valence-electron chi connectivity index (χ4n) is 2.34. The molecule has 4 nitrogen and oxygen atoms in total. The van der Waals surface area contributed by atoms with Crippen LogP contribution in [-0.4, -0.2) is 14.7 Å². The van der Waals surface area contributed by atoms with Crippen molar-refractivity contribution in [1.29, 1.82) is 0 Å². The monoisotopic (exact) mass is 313 g/mol. The van der Waals surface area contributed by atoms with Gasteiger partial charge in [-0.05, 0) is 36.8 Å². The number of benzene rings is 1. The van der Waals surface area contributed by atoms with Gasteiger partial charge in [-0.25, -0.2) is 4.98 Å². The quantitative estimate of drug-likeness (QED) is 0.758. The van der Waals surface area contributed by atoms with Gasteiger partial charge in [-0.2, -0.15) is 0 Å². The summed E-state index contributed by atoms with van der Waals surface area (Å²) >= 11 is 1.80. The SMILES string of the molecule is Cc1ccc(CNc2ccc(C(O)c3nccn3C)cc2)s1. The number of thiophene rings is 1. The Morgan fingerprint density at radius 1 is 1.23 bits per heavy atom. The molecule has 0 saturated carbocycles. The molecule has 114 valence electrons. The summed E-state index contributed by atoms with van der Waals surface area (Å²) in [4.78, 5) is 6.83. The molecule has 0 fully saturated rings. The Morgan fingerprint density at radius 2 is 2.00 bits per heavy atom. The van der Waals surface area contributed by atoms with Crippen molar-refractivity contribution >= 4 is 17.0 Å². The van der Waals surface area contributed by atoms with Crippen LogP contribution in [0.1, 0.15) is 27.2 Å². The summed E-state index contributed by atoms with van der Waals surface area (Å²) in [6.07, 6.45) is 2.82. The molecule has 0 aliphatic rings. The third-order valence-corrected chi connectivity index (χ3v) is 4.59. The van der Waals surface area contributed by atoms with Gasteiger partial charge in [0, 0.05) is 41.4 Å². The molecular weight excluding hydrogens is 294 g/mol. The van der Waals surface area contributed by atoms with Crippen LogP contribution in [0, 0.1) is 6.92 Å². The smallest absolute Gasteiger partial charge is 0.142 e. The molecule has 0 aliphatic heterocycles. The van der Waals surface area contributed by atoms with Crippen molar-refractivity contribution in [1.82, 2.24) is 9.55 Å². The average Bonchev–Trinajstić information content (AvgIpc) is 3.13. The van der Waals surface area contributed by atoms with E-state index in [0.29, 0.717) is 5.82 Å². The number of aliphatic hydroxyl groups is 1. The van der Waals surface area contributed by atoms with Gasteiger partial charge in [-0.3, -0.25) is 0 Å². The van der Waals surface area contributed by atoms with Crippen LogP contribution in [0.2, 0.25) is 0 Å². The summed E-state index contributed by atoms with van der Waals surface area (Å²) in [5.74, 6) is 0.648. The normalized spacial score (nSPS) is 12.3. The number of nitrogens with zero attached hydrogens (tertiary/aromatic N) is 2. The Bertz CT molecular complexity index is 745. The Morgan fingerprint density at radius 3 is 2.59 bits per heavy atom. The first-order valence-electron chi connectivity index (χ1n) is 7.18. The molecule has 0 spiro atoms. The van der Waals surface area contributed by atoms with Gasteiger partial charge in [0.15, 0.2) is 0 Å². The molecule has 1 atom stereocenters. The Labute approximate surface area is 134 Å². The lowest BCUT2D eigenvalue weighted by Crippen LogP contribution is -2.07. The van der Waals surface area contributed by atoms with E-state index in [9.17, 15) is 5.11 Å². The maximum Gasteiger partial charge on any atom is 0.142 e. The molecule has 0 bridgehead atoms. The number of nitrogens with one attached hydrogen (secondary N) is 1. The topological polar surface area (TPSA) is 50.1 Å². The second-order valence-corrected chi connectivity index (χ2v) is 6.66.